The molecule has 0 saturated carbocycles. The smallest absolute Gasteiger partial charge is 0.335 e. The first-order chi connectivity index (χ1) is 11.6. The molecule has 0 amide bonds. The van der Waals surface area contributed by atoms with Crippen LogP contribution in [0.3, 0.4) is 0 Å². The molecule has 1 unspecified atom stereocenters. The predicted octanol–water partition coefficient (Wildman–Crippen LogP) is 2.13. The summed E-state index contributed by atoms with van der Waals surface area (Å²) >= 11 is 0. The van der Waals surface area contributed by atoms with Crippen LogP contribution in [0.2, 0.25) is 0 Å². The van der Waals surface area contributed by atoms with Crippen LogP contribution in [-0.2, 0) is 11.8 Å². The molecule has 0 saturated heterocycles. The fourth-order valence-electron chi connectivity index (χ4n) is 2.63. The molecule has 6 heteroatoms. The minimum Gasteiger partial charge on any atom is -0.483 e. The van der Waals surface area contributed by atoms with Crippen molar-refractivity contribution >= 4 is 5.78 Å². The Balaban J connectivity index is 2.75. The van der Waals surface area contributed by atoms with Crippen LogP contribution in [0.1, 0.15) is 36.2 Å². The van der Waals surface area contributed by atoms with E-state index in [2.05, 4.69) is 0 Å². The molecule has 25 heavy (non-hydrogen) atoms. The minimum absolute atomic E-state index is 0.0965. The number of hydrogen-bond donors (Lipinski definition) is 0. The van der Waals surface area contributed by atoms with Crippen molar-refractivity contribution in [2.45, 2.75) is 47.6 Å². The lowest BCUT2D eigenvalue weighted by molar-refractivity contribution is -0.122. The van der Waals surface area contributed by atoms with Gasteiger partial charge in [-0.1, -0.05) is 6.07 Å². The van der Waals surface area contributed by atoms with Gasteiger partial charge in [0.05, 0.1) is 5.69 Å². The number of carbonyl (C=O) groups excluding carboxylic acids is 1. The third-order valence-corrected chi connectivity index (χ3v) is 4.66. The summed E-state index contributed by atoms with van der Waals surface area (Å²) in [7, 11) is 1.64. The monoisotopic (exact) mass is 344 g/mol. The first-order valence-corrected chi connectivity index (χ1v) is 8.14. The number of hydrogen-bond acceptors (Lipinski definition) is 4. The van der Waals surface area contributed by atoms with Crippen molar-refractivity contribution in [3.05, 3.63) is 55.4 Å². The Labute approximate surface area is 146 Å². The lowest BCUT2D eigenvalue weighted by Gasteiger charge is -2.18. The lowest BCUT2D eigenvalue weighted by atomic mass is 10.1. The number of ether oxygens (including phenoxy) is 1. The first kappa shape index (κ1) is 18.7. The van der Waals surface area contributed by atoms with Gasteiger partial charge in [0.15, 0.2) is 11.9 Å². The molecule has 0 aliphatic rings. The van der Waals surface area contributed by atoms with Gasteiger partial charge in [0.2, 0.25) is 0 Å². The molecule has 0 aliphatic heterocycles. The summed E-state index contributed by atoms with van der Waals surface area (Å²) < 4.78 is 8.32. The third-order valence-electron chi connectivity index (χ3n) is 4.66. The second kappa shape index (κ2) is 6.70. The molecule has 6 nitrogen and oxygen atoms in total. The molecule has 0 fully saturated rings. The summed E-state index contributed by atoms with van der Waals surface area (Å²) in [5.74, 6) is 0.385. The molecule has 1 atom stereocenters. The molecule has 1 heterocycles. The Morgan fingerprint density at radius 2 is 1.68 bits per heavy atom. The zero-order valence-electron chi connectivity index (χ0n) is 15.8. The minimum atomic E-state index is -0.603. The van der Waals surface area contributed by atoms with Gasteiger partial charge in [0, 0.05) is 24.4 Å². The van der Waals surface area contributed by atoms with Crippen molar-refractivity contribution in [3.8, 4) is 11.4 Å². The summed E-state index contributed by atoms with van der Waals surface area (Å²) in [6.45, 7) is 10.3. The number of benzene rings is 1. The number of aromatic nitrogens is 2. The quantitative estimate of drug-likeness (QED) is 0.852. The van der Waals surface area contributed by atoms with E-state index >= 15 is 0 Å². The zero-order chi connectivity index (χ0) is 19.0. The molecular formula is C19H24N2O4. The molecule has 0 aliphatic carbocycles. The normalized spacial score (nSPS) is 12.1. The Kier molecular flexibility index (Phi) is 5.02. The van der Waals surface area contributed by atoms with E-state index in [-0.39, 0.29) is 11.3 Å². The van der Waals surface area contributed by atoms with Crippen LogP contribution < -0.4 is 16.0 Å². The Morgan fingerprint density at radius 3 is 2.24 bits per heavy atom. The molecule has 2 rings (SSSR count). The maximum Gasteiger partial charge on any atom is 0.335 e. The van der Waals surface area contributed by atoms with Gasteiger partial charge in [-0.15, -0.1) is 0 Å². The first-order valence-electron chi connectivity index (χ1n) is 8.14. The molecule has 134 valence electrons. The number of rotatable bonds is 4. The van der Waals surface area contributed by atoms with Crippen LogP contribution in [-0.4, -0.2) is 21.0 Å². The SMILES string of the molecule is CC(=O)C(C)Oc1cc(-n2c(=O)c(C)c(C)n(C)c2=O)c(C)cc1C. The van der Waals surface area contributed by atoms with Gasteiger partial charge in [0.1, 0.15) is 5.75 Å². The Bertz CT molecular complexity index is 930. The number of Topliss-reactive ketones (excluding diaryl/α,β-unsaturated/α-hetero) is 1. The van der Waals surface area contributed by atoms with Gasteiger partial charge < -0.3 is 9.30 Å². The highest BCUT2D eigenvalue weighted by atomic mass is 16.5. The number of aryl methyl sites for hydroxylation is 2. The van der Waals surface area contributed by atoms with Crippen LogP contribution in [0.15, 0.2) is 21.7 Å². The van der Waals surface area contributed by atoms with E-state index in [1.165, 1.54) is 11.5 Å². The van der Waals surface area contributed by atoms with Crippen LogP contribution in [0.5, 0.6) is 5.75 Å². The van der Waals surface area contributed by atoms with Crippen LogP contribution in [0.25, 0.3) is 5.69 Å². The molecular weight excluding hydrogens is 320 g/mol. The zero-order valence-corrected chi connectivity index (χ0v) is 15.8. The van der Waals surface area contributed by atoms with E-state index in [4.69, 9.17) is 4.74 Å². The maximum atomic E-state index is 12.7. The van der Waals surface area contributed by atoms with Gasteiger partial charge in [-0.2, -0.15) is 0 Å². The summed E-state index contributed by atoms with van der Waals surface area (Å²) in [6.07, 6.45) is -0.603. The molecule has 1 aromatic heterocycles. The van der Waals surface area contributed by atoms with Crippen molar-refractivity contribution in [2.75, 3.05) is 0 Å². The number of carbonyl (C=O) groups is 1. The van der Waals surface area contributed by atoms with E-state index in [9.17, 15) is 14.4 Å². The van der Waals surface area contributed by atoms with E-state index in [1.54, 1.807) is 33.9 Å². The van der Waals surface area contributed by atoms with Gasteiger partial charge in [-0.25, -0.2) is 9.36 Å². The molecule has 1 aromatic carbocycles. The van der Waals surface area contributed by atoms with Gasteiger partial charge in [-0.3, -0.25) is 9.59 Å². The largest absolute Gasteiger partial charge is 0.483 e. The van der Waals surface area contributed by atoms with Crippen molar-refractivity contribution in [1.29, 1.82) is 0 Å². The molecule has 0 bridgehead atoms. The maximum absolute atomic E-state index is 12.7. The van der Waals surface area contributed by atoms with Crippen LogP contribution >= 0.6 is 0 Å². The summed E-state index contributed by atoms with van der Waals surface area (Å²) in [5, 5.41) is 0. The third kappa shape index (κ3) is 3.29. The topological polar surface area (TPSA) is 70.3 Å². The van der Waals surface area contributed by atoms with Gasteiger partial charge in [0.25, 0.3) is 5.56 Å². The van der Waals surface area contributed by atoms with Crippen LogP contribution in [0.4, 0.5) is 0 Å². The molecule has 0 N–H and O–H groups in total. The fraction of sp³-hybridized carbons (Fsp3) is 0.421. The summed E-state index contributed by atoms with van der Waals surface area (Å²) in [4.78, 5) is 36.9. The average Bonchev–Trinajstić information content (AvgIpc) is 2.54. The number of ketones is 1. The van der Waals surface area contributed by atoms with Crippen molar-refractivity contribution in [2.24, 2.45) is 7.05 Å². The average molecular weight is 344 g/mol. The highest BCUT2D eigenvalue weighted by molar-refractivity contribution is 5.80. The summed E-state index contributed by atoms with van der Waals surface area (Å²) in [5.41, 5.74) is 2.47. The standard InChI is InChI=1S/C19H24N2O4/c1-10-8-11(2)17(25-15(6)14(5)22)9-16(10)21-18(23)12(3)13(4)20(7)19(21)24/h8-9,15H,1-7H3. The van der Waals surface area contributed by atoms with E-state index in [1.807, 2.05) is 19.9 Å². The molecule has 2 aromatic rings. The fourth-order valence-corrected chi connectivity index (χ4v) is 2.63. The van der Waals surface area contributed by atoms with Crippen molar-refractivity contribution < 1.29 is 9.53 Å². The van der Waals surface area contributed by atoms with Crippen LogP contribution in [0, 0.1) is 27.7 Å². The second-order valence-corrected chi connectivity index (χ2v) is 6.47. The Hall–Kier alpha value is -2.63. The highest BCUT2D eigenvalue weighted by Gasteiger charge is 2.18. The van der Waals surface area contributed by atoms with E-state index in [0.717, 1.165) is 15.7 Å². The van der Waals surface area contributed by atoms with E-state index < -0.39 is 11.8 Å². The second-order valence-electron chi connectivity index (χ2n) is 6.47. The highest BCUT2D eigenvalue weighted by Crippen LogP contribution is 2.25. The van der Waals surface area contributed by atoms with E-state index in [0.29, 0.717) is 22.7 Å². The van der Waals surface area contributed by atoms with Crippen molar-refractivity contribution in [1.82, 2.24) is 9.13 Å². The molecule has 0 spiro atoms. The predicted molar refractivity (Wildman–Crippen MR) is 97.0 cm³/mol. The number of nitrogens with zero attached hydrogens (tertiary/aromatic N) is 2. The molecule has 0 radical (unpaired) electrons. The van der Waals surface area contributed by atoms with Gasteiger partial charge >= 0.3 is 5.69 Å². The van der Waals surface area contributed by atoms with Gasteiger partial charge in [-0.05, 0) is 52.7 Å². The van der Waals surface area contributed by atoms with Crippen molar-refractivity contribution in [3.63, 3.8) is 0 Å². The summed E-state index contributed by atoms with van der Waals surface area (Å²) in [6, 6.07) is 3.50. The Morgan fingerprint density at radius 1 is 1.08 bits per heavy atom. The lowest BCUT2D eigenvalue weighted by Crippen LogP contribution is -2.40.